The first kappa shape index (κ1) is 22.2. The molecule has 3 heteroatoms. The molecule has 148 valence electrons. The van der Waals surface area contributed by atoms with Crippen molar-refractivity contribution in [1.82, 2.24) is 0 Å². The summed E-state index contributed by atoms with van der Waals surface area (Å²) in [6.45, 7) is 6.70. The molecule has 2 aliphatic rings. The summed E-state index contributed by atoms with van der Waals surface area (Å²) in [7, 11) is 0. The topological polar surface area (TPSA) is 26.0 Å². The lowest BCUT2D eigenvalue weighted by Crippen LogP contribution is -1.96. The van der Waals surface area contributed by atoms with Gasteiger partial charge in [-0.25, -0.2) is 0 Å². The molecule has 0 aromatic heterocycles. The van der Waals surface area contributed by atoms with Gasteiger partial charge in [-0.2, -0.15) is 12.6 Å². The fourth-order valence-electron chi connectivity index (χ4n) is 4.78. The molecule has 2 saturated carbocycles. The lowest BCUT2D eigenvalue weighted by molar-refractivity contribution is 0.476. The number of aryl methyl sites for hydroxylation is 2. The Bertz CT molecular complexity index is 720. The molecule has 1 spiro atoms. The van der Waals surface area contributed by atoms with E-state index in [2.05, 4.69) is 57.7 Å². The number of halogens is 1. The largest absolute Gasteiger partial charge is 0.398 e. The Morgan fingerprint density at radius 2 is 1.67 bits per heavy atom. The van der Waals surface area contributed by atoms with Gasteiger partial charge in [-0.3, -0.25) is 0 Å². The fourth-order valence-corrected chi connectivity index (χ4v) is 4.96. The molecule has 2 aromatic carbocycles. The summed E-state index contributed by atoms with van der Waals surface area (Å²) in [6.07, 6.45) is 8.54. The normalized spacial score (nSPS) is 21.7. The summed E-state index contributed by atoms with van der Waals surface area (Å²) >= 11 is 9.22. The molecule has 2 N–H and O–H groups in total. The first-order valence-electron chi connectivity index (χ1n) is 10.0. The average molecular weight is 404 g/mol. The van der Waals surface area contributed by atoms with Crippen molar-refractivity contribution in [2.45, 2.75) is 58.8 Å². The monoisotopic (exact) mass is 403 g/mol. The maximum atomic E-state index is 5.69. The van der Waals surface area contributed by atoms with Gasteiger partial charge in [-0.1, -0.05) is 74.2 Å². The second-order valence-corrected chi connectivity index (χ2v) is 8.25. The van der Waals surface area contributed by atoms with Crippen LogP contribution in [0.15, 0.2) is 42.5 Å². The molecule has 1 nitrogen and oxygen atoms in total. The van der Waals surface area contributed by atoms with E-state index in [0.29, 0.717) is 5.02 Å². The summed E-state index contributed by atoms with van der Waals surface area (Å²) in [6, 6.07) is 14.8. The molecule has 0 heterocycles. The van der Waals surface area contributed by atoms with Gasteiger partial charge in [0, 0.05) is 10.7 Å². The molecule has 27 heavy (non-hydrogen) atoms. The van der Waals surface area contributed by atoms with Crippen molar-refractivity contribution in [1.29, 1.82) is 0 Å². The van der Waals surface area contributed by atoms with Crippen molar-refractivity contribution in [3.63, 3.8) is 0 Å². The van der Waals surface area contributed by atoms with Crippen molar-refractivity contribution in [2.24, 2.45) is 11.3 Å². The van der Waals surface area contributed by atoms with Gasteiger partial charge in [-0.05, 0) is 73.0 Å². The molecule has 0 radical (unpaired) electrons. The Morgan fingerprint density at radius 1 is 1.07 bits per heavy atom. The van der Waals surface area contributed by atoms with Crippen LogP contribution in [0.2, 0.25) is 5.02 Å². The highest BCUT2D eigenvalue weighted by Crippen LogP contribution is 2.72. The number of anilines is 1. The summed E-state index contributed by atoms with van der Waals surface area (Å²) in [4.78, 5) is 0. The third kappa shape index (κ3) is 5.03. The van der Waals surface area contributed by atoms with E-state index in [4.69, 9.17) is 17.3 Å². The third-order valence-electron chi connectivity index (χ3n) is 6.38. The van der Waals surface area contributed by atoms with Gasteiger partial charge in [0.1, 0.15) is 0 Å². The van der Waals surface area contributed by atoms with Crippen LogP contribution in [0.3, 0.4) is 0 Å². The lowest BCUT2D eigenvalue weighted by atomic mass is 9.97. The minimum Gasteiger partial charge on any atom is -0.398 e. The number of rotatable bonds is 2. The quantitative estimate of drug-likeness (QED) is 0.398. The van der Waals surface area contributed by atoms with Crippen LogP contribution in [-0.2, 0) is 6.42 Å². The molecular formula is C24H34ClNS. The van der Waals surface area contributed by atoms with E-state index in [1.807, 2.05) is 12.1 Å². The van der Waals surface area contributed by atoms with Crippen molar-refractivity contribution in [2.75, 3.05) is 12.0 Å². The van der Waals surface area contributed by atoms with Gasteiger partial charge in [0.2, 0.25) is 0 Å². The van der Waals surface area contributed by atoms with E-state index in [9.17, 15) is 0 Å². The molecule has 2 fully saturated rings. The van der Waals surface area contributed by atoms with Gasteiger partial charge >= 0.3 is 0 Å². The van der Waals surface area contributed by atoms with Gasteiger partial charge < -0.3 is 5.73 Å². The SMILES string of the molecule is CCc1ccc(Cl)cc1N.CS.Cc1ccc(C2[C@@H](C)C23CCCC3)cc1. The van der Waals surface area contributed by atoms with Crippen LogP contribution in [-0.4, -0.2) is 6.26 Å². The summed E-state index contributed by atoms with van der Waals surface area (Å²) in [5, 5.41) is 0.703. The molecule has 0 aliphatic heterocycles. The Balaban J connectivity index is 0.000000191. The Hall–Kier alpha value is -1.12. The van der Waals surface area contributed by atoms with Crippen LogP contribution in [0.25, 0.3) is 0 Å². The summed E-state index contributed by atoms with van der Waals surface area (Å²) in [5.74, 6) is 1.81. The second-order valence-electron chi connectivity index (χ2n) is 7.81. The molecule has 2 aromatic rings. The Kier molecular flexibility index (Phi) is 8.12. The van der Waals surface area contributed by atoms with Crippen LogP contribution in [0.1, 0.15) is 62.1 Å². The first-order valence-corrected chi connectivity index (χ1v) is 11.3. The molecule has 0 saturated heterocycles. The van der Waals surface area contributed by atoms with E-state index >= 15 is 0 Å². The highest BCUT2D eigenvalue weighted by Gasteiger charge is 2.62. The van der Waals surface area contributed by atoms with Gasteiger partial charge in [0.15, 0.2) is 0 Å². The van der Waals surface area contributed by atoms with Crippen LogP contribution in [0.5, 0.6) is 0 Å². The van der Waals surface area contributed by atoms with Crippen LogP contribution < -0.4 is 5.73 Å². The lowest BCUT2D eigenvalue weighted by Gasteiger charge is -2.08. The Morgan fingerprint density at radius 3 is 2.19 bits per heavy atom. The van der Waals surface area contributed by atoms with Crippen LogP contribution in [0, 0.1) is 18.3 Å². The van der Waals surface area contributed by atoms with E-state index in [0.717, 1.165) is 34.9 Å². The molecule has 0 amide bonds. The number of benzene rings is 2. The highest BCUT2D eigenvalue weighted by atomic mass is 35.5. The predicted molar refractivity (Wildman–Crippen MR) is 124 cm³/mol. The first-order chi connectivity index (χ1) is 13.0. The minimum atomic E-state index is 0.703. The number of thiol groups is 1. The van der Waals surface area contributed by atoms with E-state index in [-0.39, 0.29) is 0 Å². The molecule has 0 bridgehead atoms. The zero-order valence-electron chi connectivity index (χ0n) is 17.1. The zero-order valence-corrected chi connectivity index (χ0v) is 18.8. The predicted octanol–water partition coefficient (Wildman–Crippen LogP) is 7.32. The van der Waals surface area contributed by atoms with Gasteiger partial charge in [0.25, 0.3) is 0 Å². The van der Waals surface area contributed by atoms with Crippen LogP contribution in [0.4, 0.5) is 5.69 Å². The molecule has 2 atom stereocenters. The number of nitrogens with two attached hydrogens (primary N) is 1. The van der Waals surface area contributed by atoms with Gasteiger partial charge in [0.05, 0.1) is 0 Å². The second kappa shape index (κ2) is 9.89. The van der Waals surface area contributed by atoms with Crippen LogP contribution >= 0.6 is 24.2 Å². The Labute approximate surface area is 176 Å². The molecule has 2 aliphatic carbocycles. The van der Waals surface area contributed by atoms with Crippen molar-refractivity contribution in [3.8, 4) is 0 Å². The molecular weight excluding hydrogens is 370 g/mol. The molecule has 4 rings (SSSR count). The zero-order chi connectivity index (χ0) is 20.0. The van der Waals surface area contributed by atoms with E-state index < -0.39 is 0 Å². The average Bonchev–Trinajstić information content (AvgIpc) is 3.01. The standard InChI is InChI=1S/C15H20.C8H10ClN.CH4S/c1-11-5-7-13(8-6-11)14-12(2)15(14)9-3-4-10-15;1-2-6-3-4-7(9)5-8(6)10;1-2/h5-8,12,14H,3-4,9-10H2,1-2H3;3-5H,2,10H2,1H3;2H,1H3/t12-,14?;;/m1../s1. The van der Waals surface area contributed by atoms with E-state index in [1.54, 1.807) is 17.9 Å². The van der Waals surface area contributed by atoms with E-state index in [1.165, 1.54) is 31.2 Å². The maximum Gasteiger partial charge on any atom is 0.0426 e. The highest BCUT2D eigenvalue weighted by molar-refractivity contribution is 7.79. The third-order valence-corrected chi connectivity index (χ3v) is 6.61. The minimum absolute atomic E-state index is 0.703. The van der Waals surface area contributed by atoms with Crippen molar-refractivity contribution < 1.29 is 0 Å². The van der Waals surface area contributed by atoms with Crippen molar-refractivity contribution >= 4 is 29.9 Å². The number of hydrogen-bond acceptors (Lipinski definition) is 2. The van der Waals surface area contributed by atoms with Gasteiger partial charge in [-0.15, -0.1) is 0 Å². The maximum absolute atomic E-state index is 5.69. The van der Waals surface area contributed by atoms with Crippen molar-refractivity contribution in [3.05, 3.63) is 64.2 Å². The summed E-state index contributed by atoms with van der Waals surface area (Å²) < 4.78 is 0. The molecule has 1 unspecified atom stereocenters. The smallest absolute Gasteiger partial charge is 0.0426 e. The summed E-state index contributed by atoms with van der Waals surface area (Å²) in [5.41, 5.74) is 11.3. The fraction of sp³-hybridized carbons (Fsp3) is 0.500. The number of nitrogen functional groups attached to an aromatic ring is 1. The number of hydrogen-bond donors (Lipinski definition) is 2.